The number of nitrogens with zero attached hydrogens (tertiary/aromatic N) is 3. The van der Waals surface area contributed by atoms with Gasteiger partial charge < -0.3 is 14.9 Å². The molecule has 1 N–H and O–H groups in total. The summed E-state index contributed by atoms with van der Waals surface area (Å²) in [5.74, 6) is 0.543. The van der Waals surface area contributed by atoms with Crippen LogP contribution in [0.15, 0.2) is 6.07 Å². The summed E-state index contributed by atoms with van der Waals surface area (Å²) in [7, 11) is 3.99. The molecule has 2 atom stereocenters. The summed E-state index contributed by atoms with van der Waals surface area (Å²) < 4.78 is 0. The molecule has 7 heteroatoms. The van der Waals surface area contributed by atoms with E-state index in [1.165, 1.54) is 17.4 Å². The Morgan fingerprint density at radius 2 is 2.40 bits per heavy atom. The third kappa shape index (κ3) is 3.28. The van der Waals surface area contributed by atoms with Crippen LogP contribution in [0.5, 0.6) is 0 Å². The fraction of sp³-hybridized carbons (Fsp3) is 0.692. The van der Waals surface area contributed by atoms with E-state index in [1.54, 1.807) is 6.92 Å². The molecule has 2 rings (SSSR count). The smallest absolute Gasteiger partial charge is 0.304 e. The van der Waals surface area contributed by atoms with E-state index in [9.17, 15) is 15.2 Å². The van der Waals surface area contributed by atoms with Crippen molar-refractivity contribution in [3.05, 3.63) is 21.1 Å². The first-order valence-corrected chi connectivity index (χ1v) is 7.56. The fourth-order valence-corrected chi connectivity index (χ4v) is 3.68. The van der Waals surface area contributed by atoms with Crippen LogP contribution in [-0.4, -0.2) is 48.7 Å². The Kier molecular flexibility index (Phi) is 4.62. The molecule has 20 heavy (non-hydrogen) atoms. The van der Waals surface area contributed by atoms with Gasteiger partial charge >= 0.3 is 5.69 Å². The van der Waals surface area contributed by atoms with E-state index in [1.807, 2.05) is 11.9 Å². The second kappa shape index (κ2) is 6.07. The Balaban J connectivity index is 2.15. The van der Waals surface area contributed by atoms with Gasteiger partial charge in [-0.1, -0.05) is 0 Å². The van der Waals surface area contributed by atoms with Gasteiger partial charge in [-0.15, -0.1) is 11.3 Å². The molecule has 1 aromatic rings. The van der Waals surface area contributed by atoms with Gasteiger partial charge in [-0.2, -0.15) is 0 Å². The Labute approximate surface area is 122 Å². The first kappa shape index (κ1) is 15.2. The molecule has 1 aromatic heterocycles. The number of hydrogen-bond acceptors (Lipinski definition) is 6. The van der Waals surface area contributed by atoms with Crippen LogP contribution in [0.4, 0.5) is 10.7 Å². The van der Waals surface area contributed by atoms with E-state index < -0.39 is 6.10 Å². The van der Waals surface area contributed by atoms with E-state index in [0.29, 0.717) is 15.8 Å². The van der Waals surface area contributed by atoms with Gasteiger partial charge in [0, 0.05) is 31.1 Å². The monoisotopic (exact) mass is 299 g/mol. The van der Waals surface area contributed by atoms with Crippen molar-refractivity contribution in [1.82, 2.24) is 4.90 Å². The van der Waals surface area contributed by atoms with E-state index in [-0.39, 0.29) is 10.6 Å². The minimum Gasteiger partial charge on any atom is -0.388 e. The maximum absolute atomic E-state index is 11.1. The molecule has 1 fully saturated rings. The molecule has 112 valence electrons. The van der Waals surface area contributed by atoms with Crippen molar-refractivity contribution in [2.45, 2.75) is 19.4 Å². The standard InChI is InChI=1S/C13H21N3O3S/c1-9(17)12-6-11(16(18)19)13(20-12)15(3)8-10-4-5-14(2)7-10/h6,9-10,17H,4-5,7-8H2,1-3H3/t9-,10?/m1/s1. The molecular weight excluding hydrogens is 278 g/mol. The molecule has 0 saturated carbocycles. The lowest BCUT2D eigenvalue weighted by molar-refractivity contribution is -0.383. The number of anilines is 1. The normalized spacial score (nSPS) is 21.1. The van der Waals surface area contributed by atoms with Crippen LogP contribution in [-0.2, 0) is 0 Å². The van der Waals surface area contributed by atoms with Gasteiger partial charge in [-0.05, 0) is 32.9 Å². The lowest BCUT2D eigenvalue weighted by Crippen LogP contribution is -2.27. The zero-order chi connectivity index (χ0) is 14.9. The first-order valence-electron chi connectivity index (χ1n) is 6.74. The second-order valence-electron chi connectivity index (χ2n) is 5.57. The molecule has 0 spiro atoms. The average Bonchev–Trinajstić information content (AvgIpc) is 2.95. The molecule has 6 nitrogen and oxygen atoms in total. The molecule has 1 aliphatic heterocycles. The summed E-state index contributed by atoms with van der Waals surface area (Å²) in [4.78, 5) is 15.7. The van der Waals surface area contributed by atoms with Gasteiger partial charge in [0.1, 0.15) is 0 Å². The molecule has 1 saturated heterocycles. The lowest BCUT2D eigenvalue weighted by atomic mass is 10.1. The number of aliphatic hydroxyl groups is 1. The van der Waals surface area contributed by atoms with E-state index >= 15 is 0 Å². The van der Waals surface area contributed by atoms with Crippen LogP contribution in [0.1, 0.15) is 24.3 Å². The van der Waals surface area contributed by atoms with Crippen molar-refractivity contribution < 1.29 is 10.0 Å². The molecule has 1 unspecified atom stereocenters. The third-order valence-electron chi connectivity index (χ3n) is 3.69. The summed E-state index contributed by atoms with van der Waals surface area (Å²) in [6.45, 7) is 4.56. The van der Waals surface area contributed by atoms with Crippen LogP contribution in [0.2, 0.25) is 0 Å². The van der Waals surface area contributed by atoms with Crippen molar-refractivity contribution in [3.63, 3.8) is 0 Å². The molecule has 0 aromatic carbocycles. The van der Waals surface area contributed by atoms with Gasteiger partial charge in [0.25, 0.3) is 0 Å². The van der Waals surface area contributed by atoms with Crippen molar-refractivity contribution in [3.8, 4) is 0 Å². The fourth-order valence-electron chi connectivity index (χ4n) is 2.65. The Hall–Kier alpha value is -1.18. The van der Waals surface area contributed by atoms with Crippen LogP contribution in [0, 0.1) is 16.0 Å². The summed E-state index contributed by atoms with van der Waals surface area (Å²) in [6.07, 6.45) is 0.460. The summed E-state index contributed by atoms with van der Waals surface area (Å²) in [5, 5.41) is 21.4. The van der Waals surface area contributed by atoms with Crippen LogP contribution < -0.4 is 4.90 Å². The first-order chi connectivity index (χ1) is 9.38. The van der Waals surface area contributed by atoms with Crippen LogP contribution >= 0.6 is 11.3 Å². The second-order valence-corrected chi connectivity index (χ2v) is 6.63. The Morgan fingerprint density at radius 1 is 1.70 bits per heavy atom. The SMILES string of the molecule is C[C@@H](O)c1cc([N+](=O)[O-])c(N(C)CC2CCN(C)C2)s1. The van der Waals surface area contributed by atoms with Crippen molar-refractivity contribution in [2.75, 3.05) is 38.6 Å². The average molecular weight is 299 g/mol. The quantitative estimate of drug-likeness (QED) is 0.666. The summed E-state index contributed by atoms with van der Waals surface area (Å²) in [5.41, 5.74) is 0.0970. The summed E-state index contributed by atoms with van der Waals surface area (Å²) in [6, 6.07) is 1.49. The highest BCUT2D eigenvalue weighted by Crippen LogP contribution is 2.40. The van der Waals surface area contributed by atoms with Gasteiger partial charge in [0.2, 0.25) is 0 Å². The molecule has 1 aliphatic rings. The predicted molar refractivity (Wildman–Crippen MR) is 80.5 cm³/mol. The molecule has 0 aliphatic carbocycles. The van der Waals surface area contributed by atoms with Crippen molar-refractivity contribution in [1.29, 1.82) is 0 Å². The zero-order valence-corrected chi connectivity index (χ0v) is 12.9. The number of thiophene rings is 1. The minimum absolute atomic E-state index is 0.0970. The van der Waals surface area contributed by atoms with E-state index in [4.69, 9.17) is 0 Å². The van der Waals surface area contributed by atoms with E-state index in [2.05, 4.69) is 11.9 Å². The number of aliphatic hydroxyl groups excluding tert-OH is 1. The number of hydrogen-bond donors (Lipinski definition) is 1. The van der Waals surface area contributed by atoms with Crippen LogP contribution in [0.25, 0.3) is 0 Å². The molecule has 0 radical (unpaired) electrons. The van der Waals surface area contributed by atoms with Crippen molar-refractivity contribution >= 4 is 22.0 Å². The number of likely N-dealkylation sites (tertiary alicyclic amines) is 1. The van der Waals surface area contributed by atoms with Gasteiger partial charge in [-0.25, -0.2) is 0 Å². The number of nitro groups is 1. The Morgan fingerprint density at radius 3 is 2.90 bits per heavy atom. The zero-order valence-electron chi connectivity index (χ0n) is 12.1. The Bertz CT molecular complexity index is 489. The van der Waals surface area contributed by atoms with Crippen LogP contribution in [0.3, 0.4) is 0 Å². The molecule has 2 heterocycles. The predicted octanol–water partition coefficient (Wildman–Crippen LogP) is 2.10. The third-order valence-corrected chi connectivity index (χ3v) is 5.10. The topological polar surface area (TPSA) is 69.8 Å². The summed E-state index contributed by atoms with van der Waals surface area (Å²) >= 11 is 1.31. The highest BCUT2D eigenvalue weighted by atomic mass is 32.1. The molecule has 0 bridgehead atoms. The minimum atomic E-state index is -0.668. The largest absolute Gasteiger partial charge is 0.388 e. The van der Waals surface area contributed by atoms with Crippen molar-refractivity contribution in [2.24, 2.45) is 5.92 Å². The maximum Gasteiger partial charge on any atom is 0.304 e. The highest BCUT2D eigenvalue weighted by Gasteiger charge is 2.27. The number of rotatable bonds is 5. The van der Waals surface area contributed by atoms with Gasteiger partial charge in [0.15, 0.2) is 5.00 Å². The molecule has 0 amide bonds. The highest BCUT2D eigenvalue weighted by molar-refractivity contribution is 7.16. The lowest BCUT2D eigenvalue weighted by Gasteiger charge is -2.21. The maximum atomic E-state index is 11.1. The van der Waals surface area contributed by atoms with E-state index in [0.717, 1.165) is 26.1 Å². The molecular formula is C13H21N3O3S. The van der Waals surface area contributed by atoms with Gasteiger partial charge in [0.05, 0.1) is 11.0 Å². The van der Waals surface area contributed by atoms with Gasteiger partial charge in [-0.3, -0.25) is 10.1 Å².